The van der Waals surface area contributed by atoms with Crippen LogP contribution in [0.4, 0.5) is 5.69 Å². The summed E-state index contributed by atoms with van der Waals surface area (Å²) in [5.74, 6) is -0.138. The van der Waals surface area contributed by atoms with Crippen LogP contribution in [0.15, 0.2) is 53.4 Å². The van der Waals surface area contributed by atoms with Gasteiger partial charge in [-0.15, -0.1) is 0 Å². The van der Waals surface area contributed by atoms with Gasteiger partial charge in [0.25, 0.3) is 5.91 Å². The van der Waals surface area contributed by atoms with E-state index in [0.29, 0.717) is 24.2 Å². The number of anilines is 1. The van der Waals surface area contributed by atoms with Crippen LogP contribution < -0.4 is 5.32 Å². The molecule has 0 unspecified atom stereocenters. The lowest BCUT2D eigenvalue weighted by Crippen LogP contribution is -2.38. The highest BCUT2D eigenvalue weighted by Gasteiger charge is 2.29. The van der Waals surface area contributed by atoms with Gasteiger partial charge in [0.1, 0.15) is 0 Å². The molecule has 0 bridgehead atoms. The van der Waals surface area contributed by atoms with E-state index in [1.165, 1.54) is 16.4 Å². The van der Waals surface area contributed by atoms with E-state index in [0.717, 1.165) is 57.1 Å². The van der Waals surface area contributed by atoms with Crippen LogP contribution in [0.25, 0.3) is 0 Å². The average Bonchev–Trinajstić information content (AvgIpc) is 2.86. The lowest BCUT2D eigenvalue weighted by Gasteiger charge is -2.30. The normalized spacial score (nSPS) is 17.7. The summed E-state index contributed by atoms with van der Waals surface area (Å²) in [4.78, 5) is 26.9. The highest BCUT2D eigenvalue weighted by Crippen LogP contribution is 2.26. The Kier molecular flexibility index (Phi) is 7.68. The van der Waals surface area contributed by atoms with Gasteiger partial charge in [-0.2, -0.15) is 4.31 Å². The first-order valence-electron chi connectivity index (χ1n) is 12.1. The van der Waals surface area contributed by atoms with E-state index >= 15 is 0 Å². The molecule has 2 amide bonds. The van der Waals surface area contributed by atoms with Crippen molar-refractivity contribution >= 4 is 27.5 Å². The molecule has 34 heavy (non-hydrogen) atoms. The number of amides is 2. The molecule has 2 aromatic carbocycles. The maximum Gasteiger partial charge on any atom is 0.255 e. The summed E-state index contributed by atoms with van der Waals surface area (Å²) in [6.45, 7) is 1.30. The summed E-state index contributed by atoms with van der Waals surface area (Å²) in [7, 11) is -1.95. The monoisotopic (exact) mass is 483 g/mol. The summed E-state index contributed by atoms with van der Waals surface area (Å²) in [6, 6.07) is 13.6. The van der Waals surface area contributed by atoms with Gasteiger partial charge in [-0.25, -0.2) is 8.42 Å². The van der Waals surface area contributed by atoms with E-state index in [2.05, 4.69) is 5.32 Å². The minimum atomic E-state index is -3.59. The van der Waals surface area contributed by atoms with Gasteiger partial charge in [-0.05, 0) is 67.6 Å². The number of piperidine rings is 1. The summed E-state index contributed by atoms with van der Waals surface area (Å²) < 4.78 is 27.5. The number of nitrogens with zero attached hydrogens (tertiary/aromatic N) is 2. The van der Waals surface area contributed by atoms with E-state index in [-0.39, 0.29) is 22.8 Å². The smallest absolute Gasteiger partial charge is 0.255 e. The summed E-state index contributed by atoms with van der Waals surface area (Å²) in [5.41, 5.74) is 1.98. The van der Waals surface area contributed by atoms with Gasteiger partial charge in [0.15, 0.2) is 0 Å². The van der Waals surface area contributed by atoms with Gasteiger partial charge in [-0.1, -0.05) is 31.4 Å². The Morgan fingerprint density at radius 2 is 1.76 bits per heavy atom. The van der Waals surface area contributed by atoms with Crippen LogP contribution in [-0.4, -0.2) is 49.1 Å². The van der Waals surface area contributed by atoms with Crippen molar-refractivity contribution in [2.24, 2.45) is 0 Å². The fourth-order valence-corrected chi connectivity index (χ4v) is 6.20. The molecule has 0 radical (unpaired) electrons. The maximum absolute atomic E-state index is 13.0. The second-order valence-corrected chi connectivity index (χ2v) is 11.3. The first-order chi connectivity index (χ1) is 16.3. The zero-order chi connectivity index (χ0) is 24.1. The number of hydrogen-bond donors (Lipinski definition) is 1. The SMILES string of the molecule is CN(C1CCCCC1)S(=O)(=O)c1ccc(C(=O)Nc2cccc(CN3CCCCC3=O)c2)cc1. The van der Waals surface area contributed by atoms with Gasteiger partial charge >= 0.3 is 0 Å². The molecule has 1 aliphatic heterocycles. The van der Waals surface area contributed by atoms with Crippen molar-refractivity contribution in [3.63, 3.8) is 0 Å². The van der Waals surface area contributed by atoms with Crippen LogP contribution in [-0.2, 0) is 21.4 Å². The van der Waals surface area contributed by atoms with Gasteiger partial charge < -0.3 is 10.2 Å². The first-order valence-corrected chi connectivity index (χ1v) is 13.5. The number of nitrogens with one attached hydrogen (secondary N) is 1. The Morgan fingerprint density at radius 3 is 2.47 bits per heavy atom. The number of rotatable bonds is 7. The molecule has 0 atom stereocenters. The molecule has 7 nitrogen and oxygen atoms in total. The van der Waals surface area contributed by atoms with Gasteiger partial charge in [0.05, 0.1) is 4.90 Å². The van der Waals surface area contributed by atoms with Crippen LogP contribution in [0, 0.1) is 0 Å². The third kappa shape index (κ3) is 5.67. The van der Waals surface area contributed by atoms with Crippen molar-refractivity contribution in [2.45, 2.75) is 68.8 Å². The Labute approximate surface area is 202 Å². The molecule has 1 saturated carbocycles. The Bertz CT molecular complexity index is 1120. The largest absolute Gasteiger partial charge is 0.338 e. The Morgan fingerprint density at radius 1 is 1.03 bits per heavy atom. The molecule has 1 N–H and O–H groups in total. The zero-order valence-corrected chi connectivity index (χ0v) is 20.5. The fraction of sp³-hybridized carbons (Fsp3) is 0.462. The van der Waals surface area contributed by atoms with Crippen molar-refractivity contribution < 1.29 is 18.0 Å². The summed E-state index contributed by atoms with van der Waals surface area (Å²) in [5, 5.41) is 2.88. The minimum absolute atomic E-state index is 0.0363. The highest BCUT2D eigenvalue weighted by atomic mass is 32.2. The van der Waals surface area contributed by atoms with Gasteiger partial charge in [0.2, 0.25) is 15.9 Å². The molecule has 0 spiro atoms. The van der Waals surface area contributed by atoms with E-state index in [9.17, 15) is 18.0 Å². The summed E-state index contributed by atoms with van der Waals surface area (Å²) >= 11 is 0. The lowest BCUT2D eigenvalue weighted by atomic mass is 9.96. The Balaban J connectivity index is 1.40. The first kappa shape index (κ1) is 24.4. The molecule has 182 valence electrons. The van der Waals surface area contributed by atoms with Crippen LogP contribution >= 0.6 is 0 Å². The predicted molar refractivity (Wildman–Crippen MR) is 132 cm³/mol. The number of likely N-dealkylation sites (tertiary alicyclic amines) is 1. The second-order valence-electron chi connectivity index (χ2n) is 9.26. The molecule has 2 aromatic rings. The van der Waals surface area contributed by atoms with Gasteiger partial charge in [-0.3, -0.25) is 9.59 Å². The van der Waals surface area contributed by atoms with E-state index in [1.54, 1.807) is 25.2 Å². The number of sulfonamides is 1. The molecular formula is C26H33N3O4S. The number of hydrogen-bond acceptors (Lipinski definition) is 4. The molecule has 4 rings (SSSR count). The molecule has 1 saturated heterocycles. The fourth-order valence-electron chi connectivity index (χ4n) is 4.79. The van der Waals surface area contributed by atoms with Crippen LogP contribution in [0.5, 0.6) is 0 Å². The number of carbonyl (C=O) groups excluding carboxylic acids is 2. The second kappa shape index (κ2) is 10.7. The van der Waals surface area contributed by atoms with E-state index < -0.39 is 10.0 Å². The maximum atomic E-state index is 13.0. The van der Waals surface area contributed by atoms with Crippen molar-refractivity contribution in [3.8, 4) is 0 Å². The molecule has 1 heterocycles. The predicted octanol–water partition coefficient (Wildman–Crippen LogP) is 4.40. The van der Waals surface area contributed by atoms with Gasteiger partial charge in [0, 0.05) is 43.9 Å². The van der Waals surface area contributed by atoms with Crippen molar-refractivity contribution in [3.05, 3.63) is 59.7 Å². The third-order valence-electron chi connectivity index (χ3n) is 6.86. The van der Waals surface area contributed by atoms with E-state index in [4.69, 9.17) is 0 Å². The Hall–Kier alpha value is -2.71. The van der Waals surface area contributed by atoms with Crippen LogP contribution in [0.3, 0.4) is 0 Å². The molecule has 8 heteroatoms. The quantitative estimate of drug-likeness (QED) is 0.632. The molecular weight excluding hydrogens is 450 g/mol. The summed E-state index contributed by atoms with van der Waals surface area (Å²) in [6.07, 6.45) is 7.61. The van der Waals surface area contributed by atoms with Crippen molar-refractivity contribution in [1.82, 2.24) is 9.21 Å². The number of benzene rings is 2. The molecule has 2 fully saturated rings. The van der Waals surface area contributed by atoms with Crippen molar-refractivity contribution in [1.29, 1.82) is 0 Å². The van der Waals surface area contributed by atoms with Crippen LogP contribution in [0.1, 0.15) is 67.3 Å². The standard InChI is InChI=1S/C26H33N3O4S/c1-28(23-10-3-2-4-11-23)34(32,33)24-15-13-21(14-16-24)26(31)27-22-9-7-8-20(18-22)19-29-17-6-5-12-25(29)30/h7-9,13-16,18,23H,2-6,10-12,17,19H2,1H3,(H,27,31). The number of carbonyl (C=O) groups is 2. The average molecular weight is 484 g/mol. The zero-order valence-electron chi connectivity index (χ0n) is 19.7. The topological polar surface area (TPSA) is 86.8 Å². The molecule has 2 aliphatic rings. The molecule has 0 aromatic heterocycles. The highest BCUT2D eigenvalue weighted by molar-refractivity contribution is 7.89. The lowest BCUT2D eigenvalue weighted by molar-refractivity contribution is -0.133. The van der Waals surface area contributed by atoms with Crippen LogP contribution in [0.2, 0.25) is 0 Å². The minimum Gasteiger partial charge on any atom is -0.338 e. The van der Waals surface area contributed by atoms with Crippen molar-refractivity contribution in [2.75, 3.05) is 18.9 Å². The van der Waals surface area contributed by atoms with E-state index in [1.807, 2.05) is 23.1 Å². The third-order valence-corrected chi connectivity index (χ3v) is 8.79. The molecule has 1 aliphatic carbocycles.